The van der Waals surface area contributed by atoms with Gasteiger partial charge in [-0.2, -0.15) is 6.42 Å². The maximum absolute atomic E-state index is 5.77. The quantitative estimate of drug-likeness (QED) is 0.0378. The summed E-state index contributed by atoms with van der Waals surface area (Å²) >= 11 is 2.15. The summed E-state index contributed by atoms with van der Waals surface area (Å²) in [7, 11) is 31.3. The molecule has 0 atom stereocenters. The van der Waals surface area contributed by atoms with E-state index in [-0.39, 0.29) is 43.2 Å². The second-order valence-corrected chi connectivity index (χ2v) is 15.1. The molecule has 0 unspecified atom stereocenters. The summed E-state index contributed by atoms with van der Waals surface area (Å²) in [6, 6.07) is 9.76. The molecule has 0 bridgehead atoms. The van der Waals surface area contributed by atoms with Crippen LogP contribution in [0.15, 0.2) is 24.3 Å². The third-order valence-corrected chi connectivity index (χ3v) is 11.2. The first-order valence-corrected chi connectivity index (χ1v) is 26.0. The molecule has 0 radical (unpaired) electrons. The van der Waals surface area contributed by atoms with Crippen LogP contribution in [0, 0.1) is 33.8 Å². The maximum atomic E-state index is 5.77. The van der Waals surface area contributed by atoms with Gasteiger partial charge in [0.1, 0.15) is 0 Å². The number of methoxy groups -OCH3 is 20. The third-order valence-electron chi connectivity index (χ3n) is 11.2. The molecule has 24 heteroatoms. The van der Waals surface area contributed by atoms with Crippen LogP contribution >= 0.6 is 22.6 Å². The minimum atomic E-state index is 0. The Bertz CT molecular complexity index is 2250. The zero-order valence-electron chi connectivity index (χ0n) is 53.5. The second-order valence-electron chi connectivity index (χ2n) is 15.1. The first-order valence-electron chi connectivity index (χ1n) is 23.9. The number of halogens is 1. The van der Waals surface area contributed by atoms with Crippen molar-refractivity contribution < 1.29 is 138 Å². The SMILES string of the molecule is CI.COc1[c-]c(OC)c(OC)cc1OC.COc1c(C)c(OC)c(OC)c(-c2c(OC)c(OC)c(C)c(OC)c2OC)c1OC.COc1cc(OC)c(OC)c(C)c1OC.COc1cc(OC)c(OC)cc1OC.O.[CH2-]CCC.[Li+].[Li+]. The van der Waals surface area contributed by atoms with E-state index in [1.807, 2.05) is 25.7 Å². The molecule has 82 heavy (non-hydrogen) atoms. The van der Waals surface area contributed by atoms with Gasteiger partial charge in [0, 0.05) is 34.9 Å². The van der Waals surface area contributed by atoms with E-state index >= 15 is 0 Å². The van der Waals surface area contributed by atoms with Gasteiger partial charge in [0.15, 0.2) is 92.0 Å². The predicted octanol–water partition coefficient (Wildman–Crippen LogP) is 5.17. The van der Waals surface area contributed by atoms with Crippen LogP contribution in [0.5, 0.6) is 115 Å². The van der Waals surface area contributed by atoms with E-state index in [1.54, 1.807) is 166 Å². The first kappa shape index (κ1) is 82.5. The molecule has 0 spiro atoms. The molecule has 5 aromatic carbocycles. The zero-order chi connectivity index (χ0) is 60.5. The molecule has 0 saturated heterocycles. The zero-order valence-corrected chi connectivity index (χ0v) is 55.6. The summed E-state index contributed by atoms with van der Waals surface area (Å²) in [6.45, 7) is 11.3. The molecule has 0 aliphatic heterocycles. The van der Waals surface area contributed by atoms with Gasteiger partial charge in [0.2, 0.25) is 0 Å². The van der Waals surface area contributed by atoms with Crippen LogP contribution in [0.2, 0.25) is 0 Å². The number of ether oxygens (including phenoxy) is 20. The third kappa shape index (κ3) is 20.4. The predicted molar refractivity (Wildman–Crippen MR) is 319 cm³/mol. The number of hydrogen-bond donors (Lipinski definition) is 0. The Labute approximate surface area is 525 Å². The van der Waals surface area contributed by atoms with Crippen molar-refractivity contribution in [3.8, 4) is 126 Å². The van der Waals surface area contributed by atoms with Gasteiger partial charge in [0.05, 0.1) is 176 Å². The minimum Gasteiger partial charge on any atom is -0.550 e. The molecule has 5 aromatic rings. The molecule has 454 valence electrons. The minimum absolute atomic E-state index is 0. The fraction of sp³-hybridized carbons (Fsp3) is 0.466. The van der Waals surface area contributed by atoms with E-state index in [0.717, 1.165) is 23.1 Å². The molecule has 0 aliphatic rings. The largest absolute Gasteiger partial charge is 1.00 e. The van der Waals surface area contributed by atoms with Crippen LogP contribution in [0.3, 0.4) is 0 Å². The van der Waals surface area contributed by atoms with Gasteiger partial charge in [-0.1, -0.05) is 48.1 Å². The Morgan fingerprint density at radius 1 is 0.305 bits per heavy atom. The van der Waals surface area contributed by atoms with Crippen molar-refractivity contribution in [1.82, 2.24) is 0 Å². The van der Waals surface area contributed by atoms with E-state index < -0.39 is 0 Å². The number of unbranched alkanes of at least 4 members (excludes halogenated alkanes) is 1. The molecule has 0 amide bonds. The average Bonchev–Trinajstić information content (AvgIpc) is 3.49. The fourth-order valence-corrected chi connectivity index (χ4v) is 7.54. The van der Waals surface area contributed by atoms with Crippen LogP contribution in [-0.2, 0) is 0 Å². The van der Waals surface area contributed by atoms with Crippen LogP contribution in [0.4, 0.5) is 0 Å². The summed E-state index contributed by atoms with van der Waals surface area (Å²) in [5.41, 5.74) is 3.34. The van der Waals surface area contributed by atoms with Crippen molar-refractivity contribution in [3.05, 3.63) is 53.9 Å². The number of alkyl halides is 1. The summed E-state index contributed by atoms with van der Waals surface area (Å²) in [6.07, 6.45) is 2.28. The molecule has 0 aromatic heterocycles. The molecule has 0 saturated carbocycles. The summed E-state index contributed by atoms with van der Waals surface area (Å²) in [4.78, 5) is 1.97. The van der Waals surface area contributed by atoms with Gasteiger partial charge >= 0.3 is 37.7 Å². The molecule has 0 aliphatic carbocycles. The normalized spacial score (nSPS) is 9.21. The number of rotatable bonds is 22. The monoisotopic (exact) mass is 1260 g/mol. The van der Waals surface area contributed by atoms with Gasteiger partial charge in [0.25, 0.3) is 0 Å². The summed E-state index contributed by atoms with van der Waals surface area (Å²) in [5.74, 6) is 10.8. The summed E-state index contributed by atoms with van der Waals surface area (Å²) in [5, 5.41) is 0. The van der Waals surface area contributed by atoms with E-state index in [1.165, 1.54) is 6.42 Å². The topological polar surface area (TPSA) is 216 Å². The number of benzene rings is 5. The number of hydrogen-bond acceptors (Lipinski definition) is 20. The van der Waals surface area contributed by atoms with Crippen molar-refractivity contribution in [1.29, 1.82) is 0 Å². The van der Waals surface area contributed by atoms with Gasteiger partial charge in [-0.25, -0.2) is 0 Å². The molecule has 0 fully saturated rings. The van der Waals surface area contributed by atoms with Crippen LogP contribution < -0.4 is 132 Å². The van der Waals surface area contributed by atoms with Crippen LogP contribution in [-0.4, -0.2) is 153 Å². The van der Waals surface area contributed by atoms with Gasteiger partial charge in [-0.15, -0.1) is 0 Å². The molecule has 2 N–H and O–H groups in total. The van der Waals surface area contributed by atoms with E-state index in [9.17, 15) is 0 Å². The molecular formula is C58H87ILi2O21. The van der Waals surface area contributed by atoms with Crippen LogP contribution in [0.1, 0.15) is 36.5 Å². The van der Waals surface area contributed by atoms with Crippen molar-refractivity contribution in [3.63, 3.8) is 0 Å². The molecule has 5 rings (SSSR count). The van der Waals surface area contributed by atoms with Crippen molar-refractivity contribution in [2.24, 2.45) is 0 Å². The molecule has 21 nitrogen and oxygen atoms in total. The van der Waals surface area contributed by atoms with E-state index in [4.69, 9.17) is 94.7 Å². The van der Waals surface area contributed by atoms with Gasteiger partial charge in [-0.3, -0.25) is 0 Å². The smallest absolute Gasteiger partial charge is 0.550 e. The summed E-state index contributed by atoms with van der Waals surface area (Å²) < 4.78 is 107. The van der Waals surface area contributed by atoms with Crippen molar-refractivity contribution in [2.45, 2.75) is 40.5 Å². The Balaban J connectivity index is -0.000000500. The Morgan fingerprint density at radius 3 is 0.659 bits per heavy atom. The molecular weight excluding hydrogens is 1170 g/mol. The average molecular weight is 1260 g/mol. The second kappa shape index (κ2) is 44.6. The van der Waals surface area contributed by atoms with Crippen LogP contribution in [0.25, 0.3) is 11.1 Å². The first-order chi connectivity index (χ1) is 38.0. The van der Waals surface area contributed by atoms with Gasteiger partial charge in [-0.05, 0) is 25.7 Å². The Hall–Kier alpha value is -6.02. The van der Waals surface area contributed by atoms with E-state index in [0.29, 0.717) is 126 Å². The maximum Gasteiger partial charge on any atom is 1.00 e. The standard InChI is InChI=1S/C22H30O8.C11H16O4.C10H14O4.C10H13O4.C4H9.CH3I.2Li.H2O/c1-11-15(23-3)19(27-7)13(20(28-8)16(11)24-4)14-21(29-9)17(25-5)12(2)18(26-6)22(14)30-10;1-7-10(14-4)8(12-2)6-9(13-3)11(7)15-5;2*1-11-7-5-9(13-3)10(14-4)6-8(7)12-2;1-3-4-2;1-2;;;/h1-10H3;6H,1-5H3;5-6H,1-4H3;5H,1-4H3;1,3-4H2,2H3;1H3;;;1H2/q;;;2*-1;;2*+1;. The van der Waals surface area contributed by atoms with E-state index in [2.05, 4.69) is 42.5 Å². The van der Waals surface area contributed by atoms with Crippen molar-refractivity contribution >= 4 is 22.6 Å². The van der Waals surface area contributed by atoms with Crippen molar-refractivity contribution in [2.75, 3.05) is 147 Å². The van der Waals surface area contributed by atoms with Gasteiger partial charge < -0.3 is 107 Å². The Morgan fingerprint density at radius 2 is 0.488 bits per heavy atom. The molecule has 0 heterocycles. The Kier molecular flexibility index (Phi) is 44.8. The fourth-order valence-electron chi connectivity index (χ4n) is 7.54.